The molecule has 0 radical (unpaired) electrons. The molecule has 0 aliphatic rings. The molecule has 0 amide bonds. The number of benzene rings is 1. The van der Waals surface area contributed by atoms with Gasteiger partial charge in [-0.2, -0.15) is 5.10 Å². The molecule has 6 heteroatoms. The van der Waals surface area contributed by atoms with Gasteiger partial charge in [0.25, 0.3) is 0 Å². The zero-order valence-electron chi connectivity index (χ0n) is 9.01. The summed E-state index contributed by atoms with van der Waals surface area (Å²) < 4.78 is 3.99. The summed E-state index contributed by atoms with van der Waals surface area (Å²) in [5, 5.41) is 8.23. The van der Waals surface area contributed by atoms with Crippen molar-refractivity contribution >= 4 is 48.3 Å². The Morgan fingerprint density at radius 3 is 3.06 bits per heavy atom. The molecule has 2 heterocycles. The van der Waals surface area contributed by atoms with Gasteiger partial charge in [-0.25, -0.2) is 4.98 Å². The summed E-state index contributed by atoms with van der Waals surface area (Å²) in [6.45, 7) is 0. The molecule has 0 bridgehead atoms. The second kappa shape index (κ2) is 4.12. The van der Waals surface area contributed by atoms with Gasteiger partial charge < -0.3 is 5.32 Å². The first-order chi connectivity index (χ1) is 8.20. The van der Waals surface area contributed by atoms with Gasteiger partial charge >= 0.3 is 0 Å². The van der Waals surface area contributed by atoms with Crippen LogP contribution in [0.15, 0.2) is 35.1 Å². The molecule has 1 N–H and O–H groups in total. The molecule has 1 aromatic carbocycles. The minimum absolute atomic E-state index is 0.881. The van der Waals surface area contributed by atoms with Gasteiger partial charge in [0.1, 0.15) is 0 Å². The lowest BCUT2D eigenvalue weighted by Gasteiger charge is -1.94. The standard InChI is InChI=1S/C11H9BrN4S/c1-16-6-8(5-13-16)14-11-15-9-3-2-7(12)4-10(9)17-11/h2-6H,1H3,(H,14,15). The summed E-state index contributed by atoms with van der Waals surface area (Å²) in [4.78, 5) is 4.51. The van der Waals surface area contributed by atoms with Crippen LogP contribution in [0, 0.1) is 0 Å². The first-order valence-electron chi connectivity index (χ1n) is 5.02. The van der Waals surface area contributed by atoms with E-state index in [1.54, 1.807) is 22.2 Å². The van der Waals surface area contributed by atoms with Crippen molar-refractivity contribution in [3.05, 3.63) is 35.1 Å². The highest BCUT2D eigenvalue weighted by molar-refractivity contribution is 9.10. The predicted molar refractivity (Wildman–Crippen MR) is 73.8 cm³/mol. The van der Waals surface area contributed by atoms with Gasteiger partial charge in [-0.15, -0.1) is 0 Å². The highest BCUT2D eigenvalue weighted by Crippen LogP contribution is 2.30. The lowest BCUT2D eigenvalue weighted by molar-refractivity contribution is 0.768. The van der Waals surface area contributed by atoms with Crippen molar-refractivity contribution in [3.63, 3.8) is 0 Å². The number of hydrogen-bond acceptors (Lipinski definition) is 4. The van der Waals surface area contributed by atoms with E-state index < -0.39 is 0 Å². The molecule has 3 aromatic rings. The molecule has 0 aliphatic heterocycles. The Hall–Kier alpha value is -1.40. The van der Waals surface area contributed by atoms with Crippen molar-refractivity contribution in [3.8, 4) is 0 Å². The van der Waals surface area contributed by atoms with Crippen molar-refractivity contribution in [2.45, 2.75) is 0 Å². The summed E-state index contributed by atoms with van der Waals surface area (Å²) in [7, 11) is 1.89. The SMILES string of the molecule is Cn1cc(Nc2nc3ccc(Br)cc3s2)cn1. The Balaban J connectivity index is 1.95. The van der Waals surface area contributed by atoms with Gasteiger partial charge in [0.05, 0.1) is 22.1 Å². The van der Waals surface area contributed by atoms with E-state index in [1.807, 2.05) is 25.4 Å². The number of fused-ring (bicyclic) bond motifs is 1. The molecule has 0 spiro atoms. The second-order valence-electron chi connectivity index (χ2n) is 3.66. The maximum absolute atomic E-state index is 4.51. The highest BCUT2D eigenvalue weighted by Gasteiger charge is 2.05. The van der Waals surface area contributed by atoms with E-state index in [4.69, 9.17) is 0 Å². The van der Waals surface area contributed by atoms with E-state index in [0.29, 0.717) is 0 Å². The first kappa shape index (κ1) is 10.7. The maximum atomic E-state index is 4.51. The number of rotatable bonds is 2. The Labute approximate surface area is 110 Å². The number of hydrogen-bond donors (Lipinski definition) is 1. The third kappa shape index (κ3) is 2.18. The second-order valence-corrected chi connectivity index (χ2v) is 5.61. The van der Waals surface area contributed by atoms with Crippen LogP contribution in [0.1, 0.15) is 0 Å². The van der Waals surface area contributed by atoms with Gasteiger partial charge in [0, 0.05) is 17.7 Å². The summed E-state index contributed by atoms with van der Waals surface area (Å²) in [5.74, 6) is 0. The largest absolute Gasteiger partial charge is 0.329 e. The Morgan fingerprint density at radius 2 is 2.29 bits per heavy atom. The van der Waals surface area contributed by atoms with Crippen LogP contribution in [0.25, 0.3) is 10.2 Å². The number of aromatic nitrogens is 3. The predicted octanol–water partition coefficient (Wildman–Crippen LogP) is 3.54. The summed E-state index contributed by atoms with van der Waals surface area (Å²) in [6, 6.07) is 6.07. The highest BCUT2D eigenvalue weighted by atomic mass is 79.9. The van der Waals surface area contributed by atoms with E-state index in [0.717, 1.165) is 25.5 Å². The molecule has 0 saturated heterocycles. The molecule has 3 rings (SSSR count). The van der Waals surface area contributed by atoms with Crippen LogP contribution in [-0.4, -0.2) is 14.8 Å². The number of aryl methyl sites for hydroxylation is 1. The number of nitrogens with zero attached hydrogens (tertiary/aromatic N) is 3. The van der Waals surface area contributed by atoms with Gasteiger partial charge in [-0.3, -0.25) is 4.68 Å². The van der Waals surface area contributed by atoms with Gasteiger partial charge in [-0.05, 0) is 18.2 Å². The first-order valence-corrected chi connectivity index (χ1v) is 6.63. The topological polar surface area (TPSA) is 42.7 Å². The van der Waals surface area contributed by atoms with Gasteiger partial charge in [0.15, 0.2) is 5.13 Å². The van der Waals surface area contributed by atoms with Crippen molar-refractivity contribution in [2.75, 3.05) is 5.32 Å². The van der Waals surface area contributed by atoms with Crippen LogP contribution in [-0.2, 0) is 7.05 Å². The minimum atomic E-state index is 0.881. The summed E-state index contributed by atoms with van der Waals surface area (Å²) >= 11 is 5.08. The average Bonchev–Trinajstić information content (AvgIpc) is 2.84. The van der Waals surface area contributed by atoms with E-state index in [2.05, 4.69) is 37.4 Å². The fourth-order valence-electron chi connectivity index (χ4n) is 1.56. The van der Waals surface area contributed by atoms with Gasteiger partial charge in [0.2, 0.25) is 0 Å². The molecular formula is C11H9BrN4S. The Morgan fingerprint density at radius 1 is 1.41 bits per heavy atom. The molecule has 2 aromatic heterocycles. The molecule has 0 aliphatic carbocycles. The number of halogens is 1. The summed E-state index contributed by atoms with van der Waals surface area (Å²) in [5.41, 5.74) is 1.95. The van der Waals surface area contributed by atoms with E-state index in [9.17, 15) is 0 Å². The van der Waals surface area contributed by atoms with Crippen LogP contribution in [0.3, 0.4) is 0 Å². The zero-order chi connectivity index (χ0) is 11.8. The van der Waals surface area contributed by atoms with Crippen LogP contribution in [0.5, 0.6) is 0 Å². The minimum Gasteiger partial charge on any atom is -0.329 e. The van der Waals surface area contributed by atoms with Crippen molar-refractivity contribution in [2.24, 2.45) is 7.05 Å². The molecule has 0 atom stereocenters. The Kier molecular flexibility index (Phi) is 2.60. The fraction of sp³-hybridized carbons (Fsp3) is 0.0909. The number of anilines is 2. The smallest absolute Gasteiger partial charge is 0.188 e. The molecule has 0 fully saturated rings. The quantitative estimate of drug-likeness (QED) is 0.787. The van der Waals surface area contributed by atoms with Gasteiger partial charge in [-0.1, -0.05) is 27.3 Å². The van der Waals surface area contributed by atoms with E-state index >= 15 is 0 Å². The molecule has 0 unspecified atom stereocenters. The monoisotopic (exact) mass is 308 g/mol. The third-order valence-electron chi connectivity index (χ3n) is 2.31. The maximum Gasteiger partial charge on any atom is 0.188 e. The molecule has 86 valence electrons. The normalized spacial score (nSPS) is 10.9. The van der Waals surface area contributed by atoms with Crippen LogP contribution in [0.2, 0.25) is 0 Å². The van der Waals surface area contributed by atoms with Crippen molar-refractivity contribution < 1.29 is 0 Å². The Bertz CT molecular complexity index is 673. The molecule has 0 saturated carbocycles. The van der Waals surface area contributed by atoms with Crippen molar-refractivity contribution in [1.29, 1.82) is 0 Å². The summed E-state index contributed by atoms with van der Waals surface area (Å²) in [6.07, 6.45) is 3.70. The fourth-order valence-corrected chi connectivity index (χ4v) is 3.00. The van der Waals surface area contributed by atoms with Crippen LogP contribution in [0.4, 0.5) is 10.8 Å². The number of nitrogens with one attached hydrogen (secondary N) is 1. The molecule has 17 heavy (non-hydrogen) atoms. The lowest BCUT2D eigenvalue weighted by atomic mass is 10.3. The molecule has 4 nitrogen and oxygen atoms in total. The lowest BCUT2D eigenvalue weighted by Crippen LogP contribution is -1.87. The molecular weight excluding hydrogens is 300 g/mol. The zero-order valence-corrected chi connectivity index (χ0v) is 11.4. The third-order valence-corrected chi connectivity index (χ3v) is 3.73. The van der Waals surface area contributed by atoms with E-state index in [-0.39, 0.29) is 0 Å². The van der Waals surface area contributed by atoms with Crippen molar-refractivity contribution in [1.82, 2.24) is 14.8 Å². The van der Waals surface area contributed by atoms with Crippen LogP contribution >= 0.6 is 27.3 Å². The van der Waals surface area contributed by atoms with Crippen LogP contribution < -0.4 is 5.32 Å². The van der Waals surface area contributed by atoms with E-state index in [1.165, 1.54) is 0 Å². The average molecular weight is 309 g/mol. The number of thiazole rings is 1.